The molecule has 3 aromatic heterocycles. The Hall–Kier alpha value is -3.52. The molecule has 3 heterocycles. The number of nitrogens with zero attached hydrogens (tertiary/aromatic N) is 6. The lowest BCUT2D eigenvalue weighted by atomic mass is 9.91. The molecule has 158 valence electrons. The molecule has 31 heavy (non-hydrogen) atoms. The number of ether oxygens (including phenoxy) is 1. The Kier molecular flexibility index (Phi) is 5.21. The molecule has 0 amide bonds. The molecular formula is C23H25N7O. The minimum absolute atomic E-state index is 0.562. The van der Waals surface area contributed by atoms with Crippen molar-refractivity contribution in [1.29, 1.82) is 0 Å². The number of hydrogen-bond donors (Lipinski definition) is 1. The predicted octanol–water partition coefficient (Wildman–Crippen LogP) is 3.15. The molecule has 0 aliphatic heterocycles. The summed E-state index contributed by atoms with van der Waals surface area (Å²) >= 11 is 0. The van der Waals surface area contributed by atoms with Gasteiger partial charge in [0.05, 0.1) is 42.1 Å². The van der Waals surface area contributed by atoms with E-state index in [9.17, 15) is 0 Å². The molecule has 1 aliphatic carbocycles. The van der Waals surface area contributed by atoms with Crippen LogP contribution < -0.4 is 5.32 Å². The van der Waals surface area contributed by atoms with Crippen LogP contribution in [0.15, 0.2) is 48.9 Å². The third-order valence-electron chi connectivity index (χ3n) is 5.60. The molecule has 0 fully saturated rings. The van der Waals surface area contributed by atoms with Crippen LogP contribution in [-0.4, -0.2) is 43.2 Å². The summed E-state index contributed by atoms with van der Waals surface area (Å²) in [6, 6.07) is 10.5. The summed E-state index contributed by atoms with van der Waals surface area (Å²) in [6.07, 6.45) is 8.26. The Bertz CT molecular complexity index is 1200. The summed E-state index contributed by atoms with van der Waals surface area (Å²) in [5.41, 5.74) is 7.69. The van der Waals surface area contributed by atoms with E-state index < -0.39 is 0 Å². The number of methoxy groups -OCH3 is 1. The van der Waals surface area contributed by atoms with E-state index in [4.69, 9.17) is 14.8 Å². The van der Waals surface area contributed by atoms with Gasteiger partial charge < -0.3 is 10.1 Å². The van der Waals surface area contributed by atoms with Crippen LogP contribution in [-0.2, 0) is 37.6 Å². The Labute approximate surface area is 180 Å². The van der Waals surface area contributed by atoms with Crippen LogP contribution in [0.2, 0.25) is 0 Å². The average molecular weight is 416 g/mol. The van der Waals surface area contributed by atoms with Gasteiger partial charge in [-0.15, -0.1) is 0 Å². The summed E-state index contributed by atoms with van der Waals surface area (Å²) in [6.45, 7) is 1.32. The van der Waals surface area contributed by atoms with Crippen LogP contribution in [0.3, 0.4) is 0 Å². The molecule has 0 spiro atoms. The van der Waals surface area contributed by atoms with Crippen molar-refractivity contribution in [2.24, 2.45) is 7.05 Å². The molecule has 1 aromatic carbocycles. The minimum atomic E-state index is 0.562. The van der Waals surface area contributed by atoms with Crippen molar-refractivity contribution in [3.05, 3.63) is 71.4 Å². The Morgan fingerprint density at radius 2 is 2.00 bits per heavy atom. The summed E-state index contributed by atoms with van der Waals surface area (Å²) in [5.74, 6) is 0.562. The van der Waals surface area contributed by atoms with Crippen molar-refractivity contribution < 1.29 is 4.74 Å². The lowest BCUT2D eigenvalue weighted by Crippen LogP contribution is -2.09. The molecule has 5 rings (SSSR count). The van der Waals surface area contributed by atoms with E-state index in [2.05, 4.69) is 39.7 Å². The van der Waals surface area contributed by atoms with Gasteiger partial charge in [-0.05, 0) is 24.0 Å². The molecule has 0 unspecified atom stereocenters. The first-order chi connectivity index (χ1) is 15.2. The second-order valence-electron chi connectivity index (χ2n) is 7.73. The van der Waals surface area contributed by atoms with E-state index in [1.165, 1.54) is 11.3 Å². The molecular weight excluding hydrogens is 390 g/mol. The Morgan fingerprint density at radius 3 is 2.84 bits per heavy atom. The predicted molar refractivity (Wildman–Crippen MR) is 118 cm³/mol. The molecule has 8 nitrogen and oxygen atoms in total. The van der Waals surface area contributed by atoms with Gasteiger partial charge in [-0.2, -0.15) is 10.2 Å². The molecule has 0 atom stereocenters. The van der Waals surface area contributed by atoms with Crippen LogP contribution in [0.1, 0.15) is 22.5 Å². The maximum atomic E-state index is 5.11. The number of aromatic nitrogens is 6. The highest BCUT2D eigenvalue weighted by Gasteiger charge is 2.26. The maximum absolute atomic E-state index is 5.11. The SMILES string of the molecule is COCCn1cc(Nc2ncc3c(n2)-c2c(nn(C)c2Cc2ccccc2)CC3)cn1. The zero-order chi connectivity index (χ0) is 21.2. The summed E-state index contributed by atoms with van der Waals surface area (Å²) in [4.78, 5) is 9.44. The van der Waals surface area contributed by atoms with Crippen molar-refractivity contribution >= 4 is 11.6 Å². The lowest BCUT2D eigenvalue weighted by Gasteiger charge is -2.16. The fraction of sp³-hybridized carbons (Fsp3) is 0.304. The van der Waals surface area contributed by atoms with Crippen molar-refractivity contribution in [3.8, 4) is 11.3 Å². The zero-order valence-electron chi connectivity index (χ0n) is 17.7. The molecule has 0 radical (unpaired) electrons. The molecule has 0 saturated carbocycles. The quantitative estimate of drug-likeness (QED) is 0.499. The van der Waals surface area contributed by atoms with E-state index in [1.807, 2.05) is 34.9 Å². The smallest absolute Gasteiger partial charge is 0.227 e. The number of fused-ring (bicyclic) bond motifs is 3. The van der Waals surface area contributed by atoms with E-state index in [-0.39, 0.29) is 0 Å². The number of hydrogen-bond acceptors (Lipinski definition) is 6. The number of nitrogens with one attached hydrogen (secondary N) is 1. The first-order valence-corrected chi connectivity index (χ1v) is 10.4. The van der Waals surface area contributed by atoms with Crippen molar-refractivity contribution in [2.75, 3.05) is 19.0 Å². The number of aryl methyl sites for hydroxylation is 3. The van der Waals surface area contributed by atoms with E-state index in [0.29, 0.717) is 19.1 Å². The topological polar surface area (TPSA) is 82.7 Å². The fourth-order valence-electron chi connectivity index (χ4n) is 4.04. The standard InChI is InChI=1S/C23H25N7O/c1-29-20(12-16-6-4-3-5-7-16)21-19(28-29)9-8-17-13-24-23(27-22(17)21)26-18-14-25-30(15-18)10-11-31-2/h3-7,13-15H,8-12H2,1-2H3,(H,24,26,27). The zero-order valence-corrected chi connectivity index (χ0v) is 17.7. The fourth-order valence-corrected chi connectivity index (χ4v) is 4.04. The largest absolute Gasteiger partial charge is 0.383 e. The third kappa shape index (κ3) is 3.94. The van der Waals surface area contributed by atoms with Gasteiger partial charge in [0.2, 0.25) is 5.95 Å². The number of benzene rings is 1. The van der Waals surface area contributed by atoms with Crippen LogP contribution in [0.5, 0.6) is 0 Å². The Morgan fingerprint density at radius 1 is 1.13 bits per heavy atom. The minimum Gasteiger partial charge on any atom is -0.383 e. The molecule has 4 aromatic rings. The highest BCUT2D eigenvalue weighted by molar-refractivity contribution is 5.72. The number of anilines is 2. The van der Waals surface area contributed by atoms with Gasteiger partial charge in [-0.25, -0.2) is 9.97 Å². The monoisotopic (exact) mass is 415 g/mol. The van der Waals surface area contributed by atoms with Crippen molar-refractivity contribution in [2.45, 2.75) is 25.8 Å². The molecule has 8 heteroatoms. The van der Waals surface area contributed by atoms with Crippen LogP contribution in [0.4, 0.5) is 11.6 Å². The second kappa shape index (κ2) is 8.31. The molecule has 1 N–H and O–H groups in total. The van der Waals surface area contributed by atoms with Gasteiger partial charge in [0.15, 0.2) is 0 Å². The maximum Gasteiger partial charge on any atom is 0.227 e. The van der Waals surface area contributed by atoms with Gasteiger partial charge >= 0.3 is 0 Å². The highest BCUT2D eigenvalue weighted by atomic mass is 16.5. The summed E-state index contributed by atoms with van der Waals surface area (Å²) in [5, 5.41) is 12.4. The van der Waals surface area contributed by atoms with Gasteiger partial charge in [0, 0.05) is 38.5 Å². The van der Waals surface area contributed by atoms with E-state index in [0.717, 1.165) is 47.5 Å². The lowest BCUT2D eigenvalue weighted by molar-refractivity contribution is 0.183. The van der Waals surface area contributed by atoms with Crippen molar-refractivity contribution in [3.63, 3.8) is 0 Å². The first kappa shape index (κ1) is 19.4. The second-order valence-corrected chi connectivity index (χ2v) is 7.73. The Balaban J connectivity index is 1.46. The van der Waals surface area contributed by atoms with Gasteiger partial charge in [0.25, 0.3) is 0 Å². The third-order valence-corrected chi connectivity index (χ3v) is 5.60. The summed E-state index contributed by atoms with van der Waals surface area (Å²) < 4.78 is 8.95. The van der Waals surface area contributed by atoms with Crippen LogP contribution in [0, 0.1) is 0 Å². The first-order valence-electron chi connectivity index (χ1n) is 10.4. The highest BCUT2D eigenvalue weighted by Crippen LogP contribution is 2.35. The van der Waals surface area contributed by atoms with Crippen LogP contribution >= 0.6 is 0 Å². The normalized spacial score (nSPS) is 12.5. The molecule has 0 saturated heterocycles. The molecule has 0 bridgehead atoms. The van der Waals surface area contributed by atoms with Crippen LogP contribution in [0.25, 0.3) is 11.3 Å². The van der Waals surface area contributed by atoms with Gasteiger partial charge in [-0.1, -0.05) is 30.3 Å². The summed E-state index contributed by atoms with van der Waals surface area (Å²) in [7, 11) is 3.70. The van der Waals surface area contributed by atoms with E-state index >= 15 is 0 Å². The number of rotatable bonds is 7. The average Bonchev–Trinajstić information content (AvgIpc) is 3.37. The van der Waals surface area contributed by atoms with E-state index in [1.54, 1.807) is 13.3 Å². The van der Waals surface area contributed by atoms with Crippen molar-refractivity contribution in [1.82, 2.24) is 29.5 Å². The molecule has 1 aliphatic rings. The van der Waals surface area contributed by atoms with Gasteiger partial charge in [-0.3, -0.25) is 9.36 Å². The van der Waals surface area contributed by atoms with Gasteiger partial charge in [0.1, 0.15) is 0 Å².